The number of hydrogen-bond donors (Lipinski definition) is 1. The predicted octanol–water partition coefficient (Wildman–Crippen LogP) is 1.13. The zero-order chi connectivity index (χ0) is 11.4. The summed E-state index contributed by atoms with van der Waals surface area (Å²) in [5, 5.41) is 2.79. The molecule has 0 saturated carbocycles. The molecule has 1 aliphatic heterocycles. The molecular formula is C11H13FN2O2. The van der Waals surface area contributed by atoms with E-state index < -0.39 is 5.82 Å². The Labute approximate surface area is 92.8 Å². The maximum Gasteiger partial charge on any atom is 0.253 e. The third kappa shape index (κ3) is 2.76. The molecule has 1 aromatic heterocycles. The molecule has 16 heavy (non-hydrogen) atoms. The van der Waals surface area contributed by atoms with Crippen LogP contribution in [-0.2, 0) is 4.74 Å². The Morgan fingerprint density at radius 1 is 1.56 bits per heavy atom. The first-order valence-electron chi connectivity index (χ1n) is 5.25. The Morgan fingerprint density at radius 2 is 2.44 bits per heavy atom. The van der Waals surface area contributed by atoms with Crippen molar-refractivity contribution in [3.63, 3.8) is 0 Å². The first-order chi connectivity index (χ1) is 7.75. The van der Waals surface area contributed by atoms with E-state index >= 15 is 0 Å². The average molecular weight is 224 g/mol. The first-order valence-corrected chi connectivity index (χ1v) is 5.25. The Balaban J connectivity index is 1.97. The van der Waals surface area contributed by atoms with Gasteiger partial charge in [0.1, 0.15) is 5.82 Å². The maximum absolute atomic E-state index is 12.8. The number of nitrogens with one attached hydrogen (secondary N) is 1. The van der Waals surface area contributed by atoms with E-state index in [-0.39, 0.29) is 17.5 Å². The molecule has 0 spiro atoms. The van der Waals surface area contributed by atoms with Crippen LogP contribution in [0.15, 0.2) is 18.5 Å². The summed E-state index contributed by atoms with van der Waals surface area (Å²) in [7, 11) is 0. The van der Waals surface area contributed by atoms with Crippen LogP contribution in [0.2, 0.25) is 0 Å². The van der Waals surface area contributed by atoms with Crippen molar-refractivity contribution in [1.29, 1.82) is 0 Å². The monoisotopic (exact) mass is 224 g/mol. The molecule has 0 radical (unpaired) electrons. The van der Waals surface area contributed by atoms with Crippen LogP contribution in [0, 0.1) is 5.82 Å². The number of ether oxygens (including phenoxy) is 1. The minimum atomic E-state index is -0.507. The molecule has 0 aromatic carbocycles. The zero-order valence-electron chi connectivity index (χ0n) is 8.78. The summed E-state index contributed by atoms with van der Waals surface area (Å²) < 4.78 is 18.1. The van der Waals surface area contributed by atoms with Crippen LogP contribution >= 0.6 is 0 Å². The molecule has 0 bridgehead atoms. The lowest BCUT2D eigenvalue weighted by Gasteiger charge is -2.22. The minimum absolute atomic E-state index is 0.0181. The number of rotatable bonds is 2. The Morgan fingerprint density at radius 3 is 3.12 bits per heavy atom. The molecule has 1 atom stereocenters. The molecule has 2 rings (SSSR count). The van der Waals surface area contributed by atoms with Crippen molar-refractivity contribution in [3.8, 4) is 0 Å². The highest BCUT2D eigenvalue weighted by Crippen LogP contribution is 2.07. The molecule has 1 amide bonds. The summed E-state index contributed by atoms with van der Waals surface area (Å²) in [4.78, 5) is 15.3. The lowest BCUT2D eigenvalue weighted by Crippen LogP contribution is -2.40. The molecule has 86 valence electrons. The van der Waals surface area contributed by atoms with E-state index in [0.29, 0.717) is 6.61 Å². The van der Waals surface area contributed by atoms with Crippen molar-refractivity contribution in [2.75, 3.05) is 13.2 Å². The number of hydrogen-bond acceptors (Lipinski definition) is 3. The van der Waals surface area contributed by atoms with Gasteiger partial charge in [0.15, 0.2) is 0 Å². The Bertz CT molecular complexity index is 378. The summed E-state index contributed by atoms with van der Waals surface area (Å²) >= 11 is 0. The van der Waals surface area contributed by atoms with Gasteiger partial charge in [0.2, 0.25) is 0 Å². The summed E-state index contributed by atoms with van der Waals surface area (Å²) in [6, 6.07) is 1.19. The fourth-order valence-corrected chi connectivity index (χ4v) is 1.66. The highest BCUT2D eigenvalue weighted by Gasteiger charge is 2.17. The third-order valence-electron chi connectivity index (χ3n) is 2.46. The Kier molecular flexibility index (Phi) is 3.46. The number of halogens is 1. The van der Waals surface area contributed by atoms with E-state index in [1.807, 2.05) is 0 Å². The zero-order valence-corrected chi connectivity index (χ0v) is 8.78. The molecule has 0 aliphatic carbocycles. The summed E-state index contributed by atoms with van der Waals surface area (Å²) in [6.45, 7) is 1.27. The molecule has 0 unspecified atom stereocenters. The highest BCUT2D eigenvalue weighted by atomic mass is 19.1. The third-order valence-corrected chi connectivity index (χ3v) is 2.46. The molecule has 4 nitrogen and oxygen atoms in total. The van der Waals surface area contributed by atoms with Crippen LogP contribution < -0.4 is 5.32 Å². The molecule has 2 heterocycles. The van der Waals surface area contributed by atoms with Crippen LogP contribution in [0.3, 0.4) is 0 Å². The van der Waals surface area contributed by atoms with E-state index in [1.54, 1.807) is 0 Å². The van der Waals surface area contributed by atoms with Crippen molar-refractivity contribution >= 4 is 5.91 Å². The lowest BCUT2D eigenvalue weighted by molar-refractivity contribution is 0.0624. The van der Waals surface area contributed by atoms with Gasteiger partial charge in [-0.15, -0.1) is 0 Å². The highest BCUT2D eigenvalue weighted by molar-refractivity contribution is 5.94. The maximum atomic E-state index is 12.8. The van der Waals surface area contributed by atoms with Gasteiger partial charge in [-0.25, -0.2) is 4.39 Å². The first kappa shape index (κ1) is 11.0. The number of carbonyl (C=O) groups excluding carboxylic acids is 1. The van der Waals surface area contributed by atoms with Crippen LogP contribution in [0.5, 0.6) is 0 Å². The normalized spacial score (nSPS) is 20.4. The fraction of sp³-hybridized carbons (Fsp3) is 0.455. The fourth-order valence-electron chi connectivity index (χ4n) is 1.66. The van der Waals surface area contributed by atoms with Gasteiger partial charge >= 0.3 is 0 Å². The van der Waals surface area contributed by atoms with Gasteiger partial charge in [0.05, 0.1) is 24.4 Å². The molecule has 1 aliphatic rings. The summed E-state index contributed by atoms with van der Waals surface area (Å²) in [5.74, 6) is -0.810. The quantitative estimate of drug-likeness (QED) is 0.819. The van der Waals surface area contributed by atoms with Crippen molar-refractivity contribution in [1.82, 2.24) is 10.3 Å². The van der Waals surface area contributed by atoms with E-state index in [1.165, 1.54) is 12.3 Å². The van der Waals surface area contributed by atoms with Crippen LogP contribution in [0.1, 0.15) is 23.2 Å². The molecule has 1 aromatic rings. The van der Waals surface area contributed by atoms with Crippen LogP contribution in [-0.4, -0.2) is 30.1 Å². The topological polar surface area (TPSA) is 51.2 Å². The number of pyridine rings is 1. The number of carbonyl (C=O) groups is 1. The second kappa shape index (κ2) is 5.03. The van der Waals surface area contributed by atoms with Gasteiger partial charge in [0, 0.05) is 12.8 Å². The van der Waals surface area contributed by atoms with Crippen molar-refractivity contribution in [2.24, 2.45) is 0 Å². The molecular weight excluding hydrogens is 211 g/mol. The molecule has 5 heteroatoms. The second-order valence-corrected chi connectivity index (χ2v) is 3.78. The second-order valence-electron chi connectivity index (χ2n) is 3.78. The summed E-state index contributed by atoms with van der Waals surface area (Å²) in [5.41, 5.74) is 0.241. The predicted molar refractivity (Wildman–Crippen MR) is 55.5 cm³/mol. The van der Waals surface area contributed by atoms with Gasteiger partial charge < -0.3 is 10.1 Å². The SMILES string of the molecule is O=C(N[C@H]1CCCOC1)c1cncc(F)c1. The minimum Gasteiger partial charge on any atom is -0.379 e. The van der Waals surface area contributed by atoms with Crippen molar-refractivity contribution in [3.05, 3.63) is 29.8 Å². The molecule has 1 N–H and O–H groups in total. The molecule has 1 saturated heterocycles. The molecule has 1 fully saturated rings. The van der Waals surface area contributed by atoms with E-state index in [9.17, 15) is 9.18 Å². The number of nitrogens with zero attached hydrogens (tertiary/aromatic N) is 1. The number of amides is 1. The van der Waals surface area contributed by atoms with Gasteiger partial charge in [-0.05, 0) is 18.9 Å². The smallest absolute Gasteiger partial charge is 0.253 e. The number of aromatic nitrogens is 1. The van der Waals surface area contributed by atoms with Crippen molar-refractivity contribution < 1.29 is 13.9 Å². The van der Waals surface area contributed by atoms with Crippen LogP contribution in [0.4, 0.5) is 4.39 Å². The van der Waals surface area contributed by atoms with Crippen molar-refractivity contribution in [2.45, 2.75) is 18.9 Å². The van der Waals surface area contributed by atoms with Gasteiger partial charge in [0.25, 0.3) is 5.91 Å². The standard InChI is InChI=1S/C11H13FN2O2/c12-9-4-8(5-13-6-9)11(15)14-10-2-1-3-16-7-10/h4-6,10H,1-3,7H2,(H,14,15)/t10-/m0/s1. The lowest BCUT2D eigenvalue weighted by atomic mass is 10.1. The van der Waals surface area contributed by atoms with E-state index in [4.69, 9.17) is 4.74 Å². The van der Waals surface area contributed by atoms with Gasteiger partial charge in [-0.2, -0.15) is 0 Å². The van der Waals surface area contributed by atoms with Crippen LogP contribution in [0.25, 0.3) is 0 Å². The van der Waals surface area contributed by atoms with Gasteiger partial charge in [-0.1, -0.05) is 0 Å². The van der Waals surface area contributed by atoms with E-state index in [0.717, 1.165) is 25.6 Å². The van der Waals surface area contributed by atoms with Gasteiger partial charge in [-0.3, -0.25) is 9.78 Å². The largest absolute Gasteiger partial charge is 0.379 e. The van der Waals surface area contributed by atoms with E-state index in [2.05, 4.69) is 10.3 Å². The Hall–Kier alpha value is -1.49. The summed E-state index contributed by atoms with van der Waals surface area (Å²) in [6.07, 6.45) is 4.25. The average Bonchev–Trinajstić information content (AvgIpc) is 2.30.